The predicted octanol–water partition coefficient (Wildman–Crippen LogP) is 2.74. The lowest BCUT2D eigenvalue weighted by Crippen LogP contribution is -2.74. The highest BCUT2D eigenvalue weighted by Crippen LogP contribution is 2.64. The lowest BCUT2D eigenvalue weighted by atomic mass is 9.49. The molecule has 0 aromatic heterocycles. The molecule has 5 atom stereocenters. The molecule has 3 heterocycles. The van der Waals surface area contributed by atoms with E-state index in [1.54, 1.807) is 0 Å². The van der Waals surface area contributed by atoms with Crippen molar-refractivity contribution in [1.82, 2.24) is 9.80 Å². The van der Waals surface area contributed by atoms with Crippen LogP contribution in [0.15, 0.2) is 47.6 Å². The van der Waals surface area contributed by atoms with E-state index in [1.807, 2.05) is 44.2 Å². The van der Waals surface area contributed by atoms with E-state index in [1.165, 1.54) is 0 Å². The van der Waals surface area contributed by atoms with Crippen LogP contribution in [0.25, 0.3) is 0 Å². The van der Waals surface area contributed by atoms with Gasteiger partial charge in [-0.25, -0.2) is 0 Å². The number of ether oxygens (including phenoxy) is 2. The van der Waals surface area contributed by atoms with Crippen LogP contribution < -0.4 is 4.74 Å². The van der Waals surface area contributed by atoms with Crippen LogP contribution in [-0.2, 0) is 9.53 Å². The monoisotopic (exact) mass is 448 g/mol. The molecular weight excluding hydrogens is 416 g/mol. The fourth-order valence-corrected chi connectivity index (χ4v) is 6.82. The molecule has 6 heteroatoms. The number of allylic oxidation sites excluding steroid dienone is 2. The number of piperazine rings is 1. The lowest BCUT2D eigenvalue weighted by Gasteiger charge is -2.58. The van der Waals surface area contributed by atoms with Crippen molar-refractivity contribution in [2.24, 2.45) is 17.8 Å². The predicted molar refractivity (Wildman–Crippen MR) is 124 cm³/mol. The molecule has 1 spiro atoms. The lowest BCUT2D eigenvalue weighted by molar-refractivity contribution is -0.171. The molecule has 3 aliphatic carbocycles. The Bertz CT molecular complexity index is 1080. The maximum atomic E-state index is 14.1. The van der Waals surface area contributed by atoms with Crippen LogP contribution in [0.1, 0.15) is 30.6 Å². The normalized spacial score (nSPS) is 37.3. The molecule has 0 N–H and O–H groups in total. The summed E-state index contributed by atoms with van der Waals surface area (Å²) < 4.78 is 13.3. The highest BCUT2D eigenvalue weighted by Gasteiger charge is 2.79. The van der Waals surface area contributed by atoms with Gasteiger partial charge in [-0.05, 0) is 38.9 Å². The average molecular weight is 449 g/mol. The zero-order valence-electron chi connectivity index (χ0n) is 19.7. The molecule has 6 nitrogen and oxygen atoms in total. The van der Waals surface area contributed by atoms with Crippen LogP contribution in [-0.4, -0.2) is 78.9 Å². The minimum Gasteiger partial charge on any atom is -0.478 e. The van der Waals surface area contributed by atoms with Gasteiger partial charge in [0.15, 0.2) is 22.8 Å². The summed E-state index contributed by atoms with van der Waals surface area (Å²) >= 11 is 0. The van der Waals surface area contributed by atoms with Gasteiger partial charge in [0.1, 0.15) is 5.75 Å². The standard InChI is InChI=1S/C27H32N2O4/c1-17(2)8-9-26-25(31)19-14-21-24(30)18-6-4-5-7-23(18)33-27(21,26)22(16-32-26)20(19)15-29-12-10-28(3)11-13-29/h4-8,14,19-20,22H,9-13,15-16H2,1-3H3/t19-,20+,22-,26?,27-/m1/s1. The highest BCUT2D eigenvalue weighted by molar-refractivity contribution is 6.16. The molecular formula is C27H32N2O4. The molecule has 1 aromatic rings. The summed E-state index contributed by atoms with van der Waals surface area (Å²) in [6.07, 6.45) is 4.46. The largest absolute Gasteiger partial charge is 0.478 e. The number of ketones is 2. The van der Waals surface area contributed by atoms with Gasteiger partial charge in [-0.15, -0.1) is 0 Å². The van der Waals surface area contributed by atoms with Gasteiger partial charge in [0.2, 0.25) is 0 Å². The molecule has 0 radical (unpaired) electrons. The number of nitrogens with zero attached hydrogens (tertiary/aromatic N) is 2. The Hall–Kier alpha value is -2.28. The topological polar surface area (TPSA) is 59.1 Å². The van der Waals surface area contributed by atoms with Gasteiger partial charge in [0.25, 0.3) is 0 Å². The summed E-state index contributed by atoms with van der Waals surface area (Å²) in [5.74, 6) is 0.404. The molecule has 2 saturated heterocycles. The molecule has 33 heavy (non-hydrogen) atoms. The third-order valence-electron chi connectivity index (χ3n) is 8.57. The minimum absolute atomic E-state index is 0.00975. The zero-order valence-corrected chi connectivity index (χ0v) is 19.7. The van der Waals surface area contributed by atoms with Gasteiger partial charge in [0.05, 0.1) is 12.2 Å². The Kier molecular flexibility index (Phi) is 4.74. The maximum absolute atomic E-state index is 14.1. The quantitative estimate of drug-likeness (QED) is 0.661. The van der Waals surface area contributed by atoms with Crippen LogP contribution >= 0.6 is 0 Å². The van der Waals surface area contributed by atoms with Crippen LogP contribution in [0.2, 0.25) is 0 Å². The fourth-order valence-electron chi connectivity index (χ4n) is 6.82. The Labute approximate surface area is 195 Å². The van der Waals surface area contributed by atoms with Gasteiger partial charge in [0, 0.05) is 56.6 Å². The van der Waals surface area contributed by atoms with Crippen molar-refractivity contribution >= 4 is 11.6 Å². The SMILES string of the molecule is CC(C)=CCC12OC[C@@H]3[C@@H](CN4CCN(C)CC4)[C@@H](C=C4C(=O)c5ccccc5O[C@]431)C2=O. The zero-order chi connectivity index (χ0) is 23.0. The molecule has 7 rings (SSSR count). The van der Waals surface area contributed by atoms with Crippen LogP contribution in [0.3, 0.4) is 0 Å². The Morgan fingerprint density at radius 1 is 1.15 bits per heavy atom. The number of hydrogen-bond donors (Lipinski definition) is 0. The number of carbonyl (C=O) groups is 2. The first-order valence-corrected chi connectivity index (χ1v) is 12.1. The average Bonchev–Trinajstić information content (AvgIpc) is 3.09. The van der Waals surface area contributed by atoms with Crippen LogP contribution in [0.4, 0.5) is 0 Å². The van der Waals surface area contributed by atoms with E-state index >= 15 is 0 Å². The van der Waals surface area contributed by atoms with Crippen LogP contribution in [0, 0.1) is 17.8 Å². The van der Waals surface area contributed by atoms with Gasteiger partial charge in [-0.1, -0.05) is 29.9 Å². The maximum Gasteiger partial charge on any atom is 0.196 e. The van der Waals surface area contributed by atoms with Crippen molar-refractivity contribution < 1.29 is 19.1 Å². The number of carbonyl (C=O) groups excluding carboxylic acids is 2. The first kappa shape index (κ1) is 21.3. The summed E-state index contributed by atoms with van der Waals surface area (Å²) in [4.78, 5) is 32.7. The molecule has 0 amide bonds. The molecule has 1 saturated carbocycles. The molecule has 174 valence electrons. The second-order valence-electron chi connectivity index (χ2n) is 10.6. The number of para-hydroxylation sites is 1. The van der Waals surface area contributed by atoms with Crippen LogP contribution in [0.5, 0.6) is 5.75 Å². The Balaban J connectivity index is 1.47. The van der Waals surface area contributed by atoms with Crippen molar-refractivity contribution in [2.75, 3.05) is 46.4 Å². The number of benzene rings is 1. The van der Waals surface area contributed by atoms with Gasteiger partial charge >= 0.3 is 0 Å². The van der Waals surface area contributed by atoms with E-state index < -0.39 is 11.2 Å². The molecule has 3 aliphatic heterocycles. The smallest absolute Gasteiger partial charge is 0.196 e. The number of hydrogen-bond acceptors (Lipinski definition) is 6. The van der Waals surface area contributed by atoms with E-state index in [0.717, 1.165) is 38.3 Å². The highest BCUT2D eigenvalue weighted by atomic mass is 16.6. The van der Waals surface area contributed by atoms with Gasteiger partial charge < -0.3 is 19.3 Å². The van der Waals surface area contributed by atoms with Crippen molar-refractivity contribution in [2.45, 2.75) is 31.5 Å². The molecule has 1 unspecified atom stereocenters. The minimum atomic E-state index is -1.13. The van der Waals surface area contributed by atoms with Crippen molar-refractivity contribution in [3.8, 4) is 5.75 Å². The summed E-state index contributed by atoms with van der Waals surface area (Å²) in [5.41, 5.74) is 0.176. The van der Waals surface area contributed by atoms with Gasteiger partial charge in [-0.2, -0.15) is 0 Å². The fraction of sp³-hybridized carbons (Fsp3) is 0.556. The summed E-state index contributed by atoms with van der Waals surface area (Å²) in [7, 11) is 2.15. The molecule has 6 aliphatic rings. The van der Waals surface area contributed by atoms with E-state index in [-0.39, 0.29) is 29.3 Å². The summed E-state index contributed by atoms with van der Waals surface area (Å²) in [5, 5.41) is 0. The van der Waals surface area contributed by atoms with E-state index in [4.69, 9.17) is 9.47 Å². The number of Topliss-reactive ketones (excluding diaryl/α,β-unsaturated/α-hetero) is 2. The number of likely N-dealkylation sites (N-methyl/N-ethyl adjacent to an activating group) is 1. The third kappa shape index (κ3) is 2.77. The molecule has 4 bridgehead atoms. The third-order valence-corrected chi connectivity index (χ3v) is 8.57. The Morgan fingerprint density at radius 3 is 2.67 bits per heavy atom. The first-order valence-electron chi connectivity index (χ1n) is 12.1. The van der Waals surface area contributed by atoms with Crippen molar-refractivity contribution in [3.05, 3.63) is 53.1 Å². The second-order valence-corrected chi connectivity index (χ2v) is 10.6. The van der Waals surface area contributed by atoms with Crippen molar-refractivity contribution in [3.63, 3.8) is 0 Å². The van der Waals surface area contributed by atoms with E-state index in [9.17, 15) is 9.59 Å². The Morgan fingerprint density at radius 2 is 1.91 bits per heavy atom. The summed E-state index contributed by atoms with van der Waals surface area (Å²) in [6.45, 7) is 9.40. The first-order chi connectivity index (χ1) is 15.9. The summed E-state index contributed by atoms with van der Waals surface area (Å²) in [6, 6.07) is 7.43. The number of fused-ring (bicyclic) bond motifs is 1. The van der Waals surface area contributed by atoms with Crippen molar-refractivity contribution in [1.29, 1.82) is 0 Å². The second kappa shape index (κ2) is 7.36. The van der Waals surface area contributed by atoms with E-state index in [2.05, 4.69) is 22.9 Å². The molecule has 1 aromatic carbocycles. The number of rotatable bonds is 4. The van der Waals surface area contributed by atoms with E-state index in [0.29, 0.717) is 29.9 Å². The van der Waals surface area contributed by atoms with Gasteiger partial charge in [-0.3, -0.25) is 9.59 Å². The molecule has 3 fully saturated rings.